The van der Waals surface area contributed by atoms with Gasteiger partial charge in [0.25, 0.3) is 0 Å². The largest absolute Gasteiger partial charge is 0.462 e. The van der Waals surface area contributed by atoms with Gasteiger partial charge in [-0.2, -0.15) is 0 Å². The number of esters is 3. The monoisotopic (exact) mass is 1150 g/mol. The van der Waals surface area contributed by atoms with Crippen LogP contribution in [0.25, 0.3) is 0 Å². The van der Waals surface area contributed by atoms with E-state index in [2.05, 4.69) is 63.3 Å². The van der Waals surface area contributed by atoms with Crippen LogP contribution in [0.3, 0.4) is 0 Å². The first-order valence-electron chi connectivity index (χ1n) is 36.6. The van der Waals surface area contributed by atoms with Crippen LogP contribution in [0, 0.1) is 0 Å². The number of rotatable bonds is 68. The second kappa shape index (κ2) is 70.9. The van der Waals surface area contributed by atoms with Crippen molar-refractivity contribution in [1.82, 2.24) is 0 Å². The van der Waals surface area contributed by atoms with Crippen molar-refractivity contribution in [1.29, 1.82) is 0 Å². The Bertz CT molecular complexity index is 1410. The fraction of sp³-hybridized carbons (Fsp3) is 0.855. The molecule has 480 valence electrons. The highest BCUT2D eigenvalue weighted by molar-refractivity contribution is 5.71. The van der Waals surface area contributed by atoms with Gasteiger partial charge in [-0.15, -0.1) is 0 Å². The third kappa shape index (κ3) is 68.2. The zero-order valence-corrected chi connectivity index (χ0v) is 55.3. The van der Waals surface area contributed by atoms with Gasteiger partial charge in [0.2, 0.25) is 0 Å². The van der Waals surface area contributed by atoms with Gasteiger partial charge in [0.1, 0.15) is 13.2 Å². The Morgan fingerprint density at radius 1 is 0.256 bits per heavy atom. The van der Waals surface area contributed by atoms with E-state index >= 15 is 0 Å². The number of hydrogen-bond donors (Lipinski definition) is 0. The lowest BCUT2D eigenvalue weighted by atomic mass is 10.0. The van der Waals surface area contributed by atoms with Crippen molar-refractivity contribution < 1.29 is 28.6 Å². The standard InChI is InChI=1S/C76H140O6/c1-4-7-10-13-16-19-22-25-27-29-31-33-35-37-39-40-42-44-46-48-51-54-57-60-63-66-69-75(78)81-72-73(71-80-74(77)68-65-62-59-56-53-50-24-21-18-15-12-9-6-3)82-76(79)70-67-64-61-58-55-52-49-47-45-43-41-38-36-34-32-30-28-26-23-20-17-14-11-8-5-2/h9,12,18,21,50,53,59,62,73H,4-8,10-11,13-17,19-20,22-49,51-52,54-58,60-61,63-72H2,1-3H3/b12-9-,21-18-,53-50-,62-59-. The molecule has 0 saturated carbocycles. The molecule has 0 saturated heterocycles. The maximum atomic E-state index is 13.0. The van der Waals surface area contributed by atoms with Crippen LogP contribution in [0.4, 0.5) is 0 Å². The lowest BCUT2D eigenvalue weighted by molar-refractivity contribution is -0.166. The van der Waals surface area contributed by atoms with Crippen LogP contribution in [-0.4, -0.2) is 37.2 Å². The summed E-state index contributed by atoms with van der Waals surface area (Å²) in [5.74, 6) is -0.946. The zero-order chi connectivity index (χ0) is 59.2. The van der Waals surface area contributed by atoms with E-state index < -0.39 is 6.10 Å². The summed E-state index contributed by atoms with van der Waals surface area (Å²) in [5, 5.41) is 0. The van der Waals surface area contributed by atoms with Crippen molar-refractivity contribution in [3.8, 4) is 0 Å². The Balaban J connectivity index is 4.22. The van der Waals surface area contributed by atoms with Crippen molar-refractivity contribution in [2.24, 2.45) is 0 Å². The maximum Gasteiger partial charge on any atom is 0.306 e. The second-order valence-electron chi connectivity index (χ2n) is 24.8. The highest BCUT2D eigenvalue weighted by Crippen LogP contribution is 2.19. The van der Waals surface area contributed by atoms with Gasteiger partial charge in [0.05, 0.1) is 0 Å². The molecule has 0 rings (SSSR count). The van der Waals surface area contributed by atoms with Crippen molar-refractivity contribution in [2.45, 2.75) is 406 Å². The molecule has 0 bridgehead atoms. The SMILES string of the molecule is CC/C=C\C/C=C\C/C=C\C/C=C\CCC(=O)OCC(COC(=O)CCCCCCCCCCCCCCCCCCCCCCCCCCCC)OC(=O)CCCCCCCCCCCCCCCCCCCCCCCCCCC. The molecule has 0 heterocycles. The first kappa shape index (κ1) is 79.4. The lowest BCUT2D eigenvalue weighted by Crippen LogP contribution is -2.30. The predicted molar refractivity (Wildman–Crippen MR) is 358 cm³/mol. The van der Waals surface area contributed by atoms with E-state index in [1.807, 2.05) is 6.08 Å². The van der Waals surface area contributed by atoms with Crippen LogP contribution < -0.4 is 0 Å². The van der Waals surface area contributed by atoms with Gasteiger partial charge in [0.15, 0.2) is 6.10 Å². The smallest absolute Gasteiger partial charge is 0.306 e. The fourth-order valence-corrected chi connectivity index (χ4v) is 11.2. The molecule has 0 radical (unpaired) electrons. The van der Waals surface area contributed by atoms with E-state index in [4.69, 9.17) is 14.2 Å². The van der Waals surface area contributed by atoms with Crippen LogP contribution in [-0.2, 0) is 28.6 Å². The van der Waals surface area contributed by atoms with E-state index in [1.165, 1.54) is 289 Å². The molecule has 0 aliphatic carbocycles. The number of carbonyl (C=O) groups excluding carboxylic acids is 3. The summed E-state index contributed by atoms with van der Waals surface area (Å²) in [6, 6.07) is 0. The first-order valence-corrected chi connectivity index (χ1v) is 36.6. The zero-order valence-electron chi connectivity index (χ0n) is 55.3. The summed E-state index contributed by atoms with van der Waals surface area (Å²) >= 11 is 0. The molecule has 0 N–H and O–H groups in total. The molecule has 0 aromatic carbocycles. The van der Waals surface area contributed by atoms with Gasteiger partial charge in [-0.3, -0.25) is 14.4 Å². The van der Waals surface area contributed by atoms with Gasteiger partial charge in [-0.05, 0) is 44.9 Å². The molecule has 1 atom stereocenters. The molecular weight excluding hydrogens is 1010 g/mol. The normalized spacial score (nSPS) is 12.3. The molecule has 1 unspecified atom stereocenters. The van der Waals surface area contributed by atoms with Crippen LogP contribution >= 0.6 is 0 Å². The van der Waals surface area contributed by atoms with E-state index in [0.717, 1.165) is 64.2 Å². The van der Waals surface area contributed by atoms with E-state index in [-0.39, 0.29) is 37.5 Å². The van der Waals surface area contributed by atoms with Crippen molar-refractivity contribution in [2.75, 3.05) is 13.2 Å². The number of ether oxygens (including phenoxy) is 3. The predicted octanol–water partition coefficient (Wildman–Crippen LogP) is 25.3. The summed E-state index contributed by atoms with van der Waals surface area (Å²) in [5.41, 5.74) is 0. The molecule has 0 aromatic heterocycles. The third-order valence-electron chi connectivity index (χ3n) is 16.6. The van der Waals surface area contributed by atoms with E-state index in [9.17, 15) is 14.4 Å². The Morgan fingerprint density at radius 2 is 0.476 bits per heavy atom. The Morgan fingerprint density at radius 3 is 0.744 bits per heavy atom. The molecule has 82 heavy (non-hydrogen) atoms. The minimum Gasteiger partial charge on any atom is -0.462 e. The summed E-state index contributed by atoms with van der Waals surface area (Å²) < 4.78 is 16.9. The maximum absolute atomic E-state index is 13.0. The summed E-state index contributed by atoms with van der Waals surface area (Å²) in [7, 11) is 0. The Hall–Kier alpha value is -2.63. The molecule has 0 spiro atoms. The van der Waals surface area contributed by atoms with Crippen molar-refractivity contribution >= 4 is 17.9 Å². The van der Waals surface area contributed by atoms with Crippen LogP contribution in [0.1, 0.15) is 400 Å². The summed E-state index contributed by atoms with van der Waals surface area (Å²) in [6.45, 7) is 6.54. The van der Waals surface area contributed by atoms with Gasteiger partial charge < -0.3 is 14.2 Å². The minimum atomic E-state index is -0.800. The fourth-order valence-electron chi connectivity index (χ4n) is 11.2. The van der Waals surface area contributed by atoms with Crippen LogP contribution in [0.15, 0.2) is 48.6 Å². The summed E-state index contributed by atoms with van der Waals surface area (Å²) in [4.78, 5) is 38.4. The Kier molecular flexibility index (Phi) is 68.6. The molecular formula is C76H140O6. The quantitative estimate of drug-likeness (QED) is 0.0261. The van der Waals surface area contributed by atoms with Gasteiger partial charge >= 0.3 is 17.9 Å². The molecule has 0 amide bonds. The molecule has 0 aliphatic heterocycles. The number of hydrogen-bond acceptors (Lipinski definition) is 6. The number of unbranched alkanes of at least 4 members (excludes halogenated alkanes) is 49. The van der Waals surface area contributed by atoms with Crippen LogP contribution in [0.5, 0.6) is 0 Å². The van der Waals surface area contributed by atoms with Crippen molar-refractivity contribution in [3.05, 3.63) is 48.6 Å². The first-order chi connectivity index (χ1) is 40.5. The molecule has 6 nitrogen and oxygen atoms in total. The van der Waals surface area contributed by atoms with E-state index in [1.54, 1.807) is 0 Å². The van der Waals surface area contributed by atoms with Gasteiger partial charge in [-0.1, -0.05) is 384 Å². The highest BCUT2D eigenvalue weighted by atomic mass is 16.6. The average Bonchev–Trinajstić information content (AvgIpc) is 3.47. The number of carbonyl (C=O) groups is 3. The summed E-state index contributed by atoms with van der Waals surface area (Å²) in [6.07, 6.45) is 90.4. The minimum absolute atomic E-state index is 0.0896. The van der Waals surface area contributed by atoms with Gasteiger partial charge in [-0.25, -0.2) is 0 Å². The number of allylic oxidation sites excluding steroid dienone is 8. The lowest BCUT2D eigenvalue weighted by Gasteiger charge is -2.18. The van der Waals surface area contributed by atoms with E-state index in [0.29, 0.717) is 19.3 Å². The molecule has 0 fully saturated rings. The van der Waals surface area contributed by atoms with Crippen molar-refractivity contribution in [3.63, 3.8) is 0 Å². The average molecular weight is 1150 g/mol. The third-order valence-corrected chi connectivity index (χ3v) is 16.6. The van der Waals surface area contributed by atoms with Gasteiger partial charge in [0, 0.05) is 19.3 Å². The molecule has 6 heteroatoms. The van der Waals surface area contributed by atoms with Crippen LogP contribution in [0.2, 0.25) is 0 Å². The highest BCUT2D eigenvalue weighted by Gasteiger charge is 2.19. The molecule has 0 aromatic rings. The Labute approximate surface area is 511 Å². The topological polar surface area (TPSA) is 78.9 Å². The second-order valence-corrected chi connectivity index (χ2v) is 24.8. The molecule has 0 aliphatic rings.